The summed E-state index contributed by atoms with van der Waals surface area (Å²) in [6.45, 7) is 2.76. The van der Waals surface area contributed by atoms with E-state index in [0.717, 1.165) is 30.0 Å². The maximum atomic E-state index is 12.8. The number of likely N-dealkylation sites (N-methyl/N-ethyl adjacent to an activating group) is 1. The van der Waals surface area contributed by atoms with Crippen LogP contribution in [0.4, 0.5) is 18.9 Å². The fourth-order valence-electron chi connectivity index (χ4n) is 3.51. The predicted octanol–water partition coefficient (Wildman–Crippen LogP) is 3.06. The number of hydrogen-bond acceptors (Lipinski definition) is 4. The van der Waals surface area contributed by atoms with Gasteiger partial charge in [-0.1, -0.05) is 18.2 Å². The van der Waals surface area contributed by atoms with Crippen molar-refractivity contribution >= 4 is 21.6 Å². The topological polar surface area (TPSA) is 60.9 Å². The largest absolute Gasteiger partial charge is 0.416 e. The smallest absolute Gasteiger partial charge is 0.314 e. The number of carbonyl (C=O) groups is 1. The van der Waals surface area contributed by atoms with E-state index < -0.39 is 27.8 Å². The van der Waals surface area contributed by atoms with Crippen molar-refractivity contribution in [2.45, 2.75) is 24.0 Å². The summed E-state index contributed by atoms with van der Waals surface area (Å²) in [6, 6.07) is 12.3. The van der Waals surface area contributed by atoms with E-state index in [9.17, 15) is 26.4 Å². The maximum Gasteiger partial charge on any atom is 0.416 e. The zero-order valence-electron chi connectivity index (χ0n) is 17.2. The summed E-state index contributed by atoms with van der Waals surface area (Å²) in [6.07, 6.45) is -4.52. The van der Waals surface area contributed by atoms with E-state index in [1.807, 2.05) is 35.2 Å². The SMILES string of the molecule is C[C@H](C(=O)N(C)c1ccccc1)N1CCN(S(=O)(=O)c2ccc(C(F)(F)F)cc2)CC1. The van der Waals surface area contributed by atoms with Crippen LogP contribution in [-0.4, -0.2) is 62.8 Å². The molecule has 1 fully saturated rings. The third-order valence-electron chi connectivity index (χ3n) is 5.47. The van der Waals surface area contributed by atoms with Crippen molar-refractivity contribution in [2.24, 2.45) is 0 Å². The molecule has 0 radical (unpaired) electrons. The zero-order chi connectivity index (χ0) is 22.8. The molecule has 1 atom stereocenters. The number of hydrogen-bond donors (Lipinski definition) is 0. The van der Waals surface area contributed by atoms with Crippen LogP contribution >= 0.6 is 0 Å². The van der Waals surface area contributed by atoms with Gasteiger partial charge >= 0.3 is 6.18 Å². The zero-order valence-corrected chi connectivity index (χ0v) is 18.0. The lowest BCUT2D eigenvalue weighted by molar-refractivity contribution is -0.137. The van der Waals surface area contributed by atoms with E-state index in [2.05, 4.69) is 0 Å². The summed E-state index contributed by atoms with van der Waals surface area (Å²) in [4.78, 5) is 16.1. The third-order valence-corrected chi connectivity index (χ3v) is 7.38. The van der Waals surface area contributed by atoms with Crippen LogP contribution < -0.4 is 4.90 Å². The van der Waals surface area contributed by atoms with Crippen molar-refractivity contribution in [3.63, 3.8) is 0 Å². The highest BCUT2D eigenvalue weighted by Crippen LogP contribution is 2.30. The minimum absolute atomic E-state index is 0.106. The van der Waals surface area contributed by atoms with E-state index in [1.165, 1.54) is 4.31 Å². The quantitative estimate of drug-likeness (QED) is 0.696. The van der Waals surface area contributed by atoms with Crippen molar-refractivity contribution in [1.29, 1.82) is 0 Å². The molecule has 0 aromatic heterocycles. The number of piperazine rings is 1. The van der Waals surface area contributed by atoms with Gasteiger partial charge in [-0.15, -0.1) is 0 Å². The molecule has 0 bridgehead atoms. The average Bonchev–Trinajstić information content (AvgIpc) is 2.77. The molecule has 2 aromatic carbocycles. The molecule has 0 spiro atoms. The maximum absolute atomic E-state index is 12.8. The Morgan fingerprint density at radius 2 is 1.52 bits per heavy atom. The summed E-state index contributed by atoms with van der Waals surface area (Å²) in [7, 11) is -2.22. The van der Waals surface area contributed by atoms with Gasteiger partial charge in [0.25, 0.3) is 0 Å². The minimum Gasteiger partial charge on any atom is -0.314 e. The third kappa shape index (κ3) is 5.08. The van der Waals surface area contributed by atoms with Gasteiger partial charge in [-0.05, 0) is 43.3 Å². The molecule has 1 amide bonds. The number of para-hydroxylation sites is 1. The monoisotopic (exact) mass is 455 g/mol. The molecule has 10 heteroatoms. The average molecular weight is 456 g/mol. The number of rotatable bonds is 5. The first-order chi connectivity index (χ1) is 14.5. The van der Waals surface area contributed by atoms with E-state index in [4.69, 9.17) is 0 Å². The summed E-state index contributed by atoms with van der Waals surface area (Å²) in [5, 5.41) is 0. The Labute approximate surface area is 179 Å². The van der Waals surface area contributed by atoms with E-state index in [0.29, 0.717) is 13.1 Å². The molecular formula is C21H24F3N3O3S. The van der Waals surface area contributed by atoms with Crippen LogP contribution in [-0.2, 0) is 21.0 Å². The second-order valence-corrected chi connectivity index (χ2v) is 9.31. The van der Waals surface area contributed by atoms with E-state index in [1.54, 1.807) is 18.9 Å². The lowest BCUT2D eigenvalue weighted by Crippen LogP contribution is -2.55. The Hall–Kier alpha value is -2.43. The molecule has 168 valence electrons. The van der Waals surface area contributed by atoms with Gasteiger partial charge in [-0.25, -0.2) is 8.42 Å². The highest BCUT2D eigenvalue weighted by atomic mass is 32.2. The number of benzene rings is 2. The van der Waals surface area contributed by atoms with E-state index in [-0.39, 0.29) is 23.9 Å². The molecule has 0 unspecified atom stereocenters. The number of alkyl halides is 3. The Morgan fingerprint density at radius 1 is 0.968 bits per heavy atom. The molecule has 0 aliphatic carbocycles. The second kappa shape index (κ2) is 8.97. The van der Waals surface area contributed by atoms with Crippen molar-refractivity contribution in [1.82, 2.24) is 9.21 Å². The molecule has 0 N–H and O–H groups in total. The first-order valence-corrected chi connectivity index (χ1v) is 11.2. The molecule has 2 aromatic rings. The van der Waals surface area contributed by atoms with Gasteiger partial charge in [-0.2, -0.15) is 17.5 Å². The Bertz CT molecular complexity index is 1000. The molecule has 0 saturated carbocycles. The van der Waals surface area contributed by atoms with Gasteiger partial charge in [0.2, 0.25) is 15.9 Å². The number of halogens is 3. The number of carbonyl (C=O) groups excluding carboxylic acids is 1. The summed E-state index contributed by atoms with van der Waals surface area (Å²) in [5.41, 5.74) is -0.131. The molecule has 1 aliphatic rings. The van der Waals surface area contributed by atoms with Crippen LogP contribution in [0.25, 0.3) is 0 Å². The van der Waals surface area contributed by atoms with Gasteiger partial charge < -0.3 is 4.90 Å². The number of sulfonamides is 1. The fourth-order valence-corrected chi connectivity index (χ4v) is 4.93. The molecule has 1 heterocycles. The van der Waals surface area contributed by atoms with Crippen molar-refractivity contribution < 1.29 is 26.4 Å². The molecule has 3 rings (SSSR count). The molecule has 1 aliphatic heterocycles. The molecule has 1 saturated heterocycles. The Kier molecular flexibility index (Phi) is 6.73. The van der Waals surface area contributed by atoms with Gasteiger partial charge in [0.1, 0.15) is 0 Å². The van der Waals surface area contributed by atoms with Crippen molar-refractivity contribution in [3.8, 4) is 0 Å². The number of nitrogens with zero attached hydrogens (tertiary/aromatic N) is 3. The molecular weight excluding hydrogens is 431 g/mol. The second-order valence-electron chi connectivity index (χ2n) is 7.37. The van der Waals surface area contributed by atoms with Crippen LogP contribution in [0, 0.1) is 0 Å². The summed E-state index contributed by atoms with van der Waals surface area (Å²) < 4.78 is 65.0. The van der Waals surface area contributed by atoms with Gasteiger partial charge in [0.15, 0.2) is 0 Å². The van der Waals surface area contributed by atoms with Crippen LogP contribution in [0.3, 0.4) is 0 Å². The predicted molar refractivity (Wildman–Crippen MR) is 111 cm³/mol. The van der Waals surface area contributed by atoms with Crippen LogP contribution in [0.5, 0.6) is 0 Å². The first-order valence-electron chi connectivity index (χ1n) is 9.76. The van der Waals surface area contributed by atoms with Crippen LogP contribution in [0.15, 0.2) is 59.5 Å². The van der Waals surface area contributed by atoms with Gasteiger partial charge in [-0.3, -0.25) is 9.69 Å². The first kappa shape index (κ1) is 23.2. The molecule has 31 heavy (non-hydrogen) atoms. The lowest BCUT2D eigenvalue weighted by atomic mass is 10.2. The Balaban J connectivity index is 1.63. The van der Waals surface area contributed by atoms with Gasteiger partial charge in [0.05, 0.1) is 16.5 Å². The number of anilines is 1. The van der Waals surface area contributed by atoms with Crippen LogP contribution in [0.2, 0.25) is 0 Å². The van der Waals surface area contributed by atoms with Crippen molar-refractivity contribution in [3.05, 3.63) is 60.2 Å². The Morgan fingerprint density at radius 3 is 2.03 bits per heavy atom. The number of amides is 1. The molecule has 6 nitrogen and oxygen atoms in total. The van der Waals surface area contributed by atoms with Crippen molar-refractivity contribution in [2.75, 3.05) is 38.1 Å². The standard InChI is InChI=1S/C21H24F3N3O3S/c1-16(20(28)25(2)18-6-4-3-5-7-18)26-12-14-27(15-13-26)31(29,30)19-10-8-17(9-11-19)21(22,23)24/h3-11,16H,12-15H2,1-2H3/t16-/m1/s1. The van der Waals surface area contributed by atoms with Gasteiger partial charge in [0, 0.05) is 38.9 Å². The minimum atomic E-state index is -4.52. The lowest BCUT2D eigenvalue weighted by Gasteiger charge is -2.37. The summed E-state index contributed by atoms with van der Waals surface area (Å²) >= 11 is 0. The van der Waals surface area contributed by atoms with Crippen LogP contribution in [0.1, 0.15) is 12.5 Å². The highest BCUT2D eigenvalue weighted by Gasteiger charge is 2.34. The van der Waals surface area contributed by atoms with E-state index >= 15 is 0 Å². The normalized spacial score (nSPS) is 17.3. The fraction of sp³-hybridized carbons (Fsp3) is 0.381. The highest BCUT2D eigenvalue weighted by molar-refractivity contribution is 7.89. The summed E-state index contributed by atoms with van der Waals surface area (Å²) in [5.74, 6) is -0.106.